The van der Waals surface area contributed by atoms with E-state index in [0.29, 0.717) is 18.9 Å². The monoisotopic (exact) mass is 250 g/mol. The Labute approximate surface area is 105 Å². The molecular formula is C13H15FN2O2. The molecule has 0 aromatic heterocycles. The van der Waals surface area contributed by atoms with Crippen LogP contribution >= 0.6 is 0 Å². The smallest absolute Gasteiger partial charge is 0.162 e. The van der Waals surface area contributed by atoms with Gasteiger partial charge in [0.2, 0.25) is 0 Å². The summed E-state index contributed by atoms with van der Waals surface area (Å²) in [6.45, 7) is 4.72. The number of halogens is 1. The van der Waals surface area contributed by atoms with E-state index in [-0.39, 0.29) is 11.6 Å². The maximum absolute atomic E-state index is 13.2. The van der Waals surface area contributed by atoms with E-state index in [2.05, 4.69) is 5.32 Å². The fourth-order valence-electron chi connectivity index (χ4n) is 1.71. The van der Waals surface area contributed by atoms with Gasteiger partial charge in [-0.15, -0.1) is 0 Å². The van der Waals surface area contributed by atoms with Crippen molar-refractivity contribution in [2.75, 3.05) is 18.5 Å². The number of hydrogen-bond donors (Lipinski definition) is 1. The lowest BCUT2D eigenvalue weighted by Gasteiger charge is -2.35. The second kappa shape index (κ2) is 4.92. The van der Waals surface area contributed by atoms with Crippen LogP contribution in [0.25, 0.3) is 0 Å². The highest BCUT2D eigenvalue weighted by Crippen LogP contribution is 2.20. The van der Waals surface area contributed by atoms with Crippen LogP contribution in [0.2, 0.25) is 0 Å². The van der Waals surface area contributed by atoms with E-state index in [0.717, 1.165) is 0 Å². The van der Waals surface area contributed by atoms with Crippen LogP contribution in [0.15, 0.2) is 18.2 Å². The van der Waals surface area contributed by atoms with Crippen molar-refractivity contribution in [2.24, 2.45) is 0 Å². The van der Waals surface area contributed by atoms with E-state index in [1.54, 1.807) is 6.07 Å². The Morgan fingerprint density at radius 3 is 2.67 bits per heavy atom. The Morgan fingerprint density at radius 1 is 1.39 bits per heavy atom. The Hall–Kier alpha value is -1.64. The van der Waals surface area contributed by atoms with Crippen molar-refractivity contribution in [1.29, 1.82) is 5.26 Å². The first-order valence-corrected chi connectivity index (χ1v) is 5.74. The molecular weight excluding hydrogens is 235 g/mol. The molecule has 1 N–H and O–H groups in total. The summed E-state index contributed by atoms with van der Waals surface area (Å²) in [4.78, 5) is 0. The van der Waals surface area contributed by atoms with Crippen LogP contribution < -0.4 is 5.32 Å². The summed E-state index contributed by atoms with van der Waals surface area (Å²) in [6.07, 6.45) is 0. The number of benzene rings is 1. The molecule has 1 saturated heterocycles. The predicted molar refractivity (Wildman–Crippen MR) is 64.5 cm³/mol. The number of hydrogen-bond acceptors (Lipinski definition) is 4. The fourth-order valence-corrected chi connectivity index (χ4v) is 1.71. The lowest BCUT2D eigenvalue weighted by molar-refractivity contribution is -0.247. The van der Waals surface area contributed by atoms with Crippen LogP contribution in [0.1, 0.15) is 19.4 Å². The predicted octanol–water partition coefficient (Wildman–Crippen LogP) is 2.26. The van der Waals surface area contributed by atoms with Crippen LogP contribution in [0.5, 0.6) is 0 Å². The van der Waals surface area contributed by atoms with Gasteiger partial charge in [-0.25, -0.2) is 4.39 Å². The van der Waals surface area contributed by atoms with Crippen LogP contribution in [-0.2, 0) is 9.47 Å². The Kier molecular flexibility index (Phi) is 3.50. The van der Waals surface area contributed by atoms with Gasteiger partial charge in [-0.1, -0.05) is 0 Å². The molecule has 1 aromatic rings. The average molecular weight is 250 g/mol. The van der Waals surface area contributed by atoms with Gasteiger partial charge in [-0.05, 0) is 32.0 Å². The molecule has 0 radical (unpaired) electrons. The summed E-state index contributed by atoms with van der Waals surface area (Å²) in [6, 6.07) is 6.15. The topological polar surface area (TPSA) is 54.3 Å². The number of anilines is 1. The van der Waals surface area contributed by atoms with E-state index in [1.807, 2.05) is 19.9 Å². The first-order chi connectivity index (χ1) is 8.50. The molecule has 0 bridgehead atoms. The van der Waals surface area contributed by atoms with Gasteiger partial charge in [0.05, 0.1) is 24.8 Å². The molecule has 1 aliphatic rings. The highest BCUT2D eigenvalue weighted by atomic mass is 19.1. The number of ether oxygens (including phenoxy) is 2. The van der Waals surface area contributed by atoms with Gasteiger partial charge in [0.25, 0.3) is 0 Å². The van der Waals surface area contributed by atoms with E-state index in [1.165, 1.54) is 12.1 Å². The molecule has 0 saturated carbocycles. The van der Waals surface area contributed by atoms with Gasteiger partial charge in [-0.3, -0.25) is 0 Å². The van der Waals surface area contributed by atoms with Gasteiger partial charge in [0.1, 0.15) is 11.9 Å². The van der Waals surface area contributed by atoms with Crippen molar-refractivity contribution < 1.29 is 13.9 Å². The van der Waals surface area contributed by atoms with Gasteiger partial charge in [0, 0.05) is 5.69 Å². The Morgan fingerprint density at radius 2 is 2.06 bits per heavy atom. The van der Waals surface area contributed by atoms with Crippen molar-refractivity contribution in [3.8, 4) is 6.07 Å². The summed E-state index contributed by atoms with van der Waals surface area (Å²) < 4.78 is 24.2. The molecule has 5 heteroatoms. The van der Waals surface area contributed by atoms with Crippen molar-refractivity contribution in [3.05, 3.63) is 29.6 Å². The van der Waals surface area contributed by atoms with Crippen molar-refractivity contribution in [3.63, 3.8) is 0 Å². The third-order valence-corrected chi connectivity index (χ3v) is 2.72. The zero-order valence-electron chi connectivity index (χ0n) is 10.4. The first kappa shape index (κ1) is 12.8. The van der Waals surface area contributed by atoms with Crippen molar-refractivity contribution >= 4 is 5.69 Å². The number of nitrogens with one attached hydrogen (secondary N) is 1. The number of nitriles is 1. The lowest BCUT2D eigenvalue weighted by atomic mass is 10.2. The maximum Gasteiger partial charge on any atom is 0.162 e. The summed E-state index contributed by atoms with van der Waals surface area (Å²) in [5.74, 6) is -1.07. The highest BCUT2D eigenvalue weighted by molar-refractivity contribution is 5.50. The summed E-state index contributed by atoms with van der Waals surface area (Å²) in [7, 11) is 0. The molecule has 1 heterocycles. The quantitative estimate of drug-likeness (QED) is 0.874. The van der Waals surface area contributed by atoms with Gasteiger partial charge in [0.15, 0.2) is 5.79 Å². The normalized spacial score (nSPS) is 19.2. The van der Waals surface area contributed by atoms with Crippen LogP contribution in [0.3, 0.4) is 0 Å². The van der Waals surface area contributed by atoms with E-state index in [9.17, 15) is 4.39 Å². The second-order valence-corrected chi connectivity index (χ2v) is 4.67. The minimum Gasteiger partial charge on any atom is -0.378 e. The second-order valence-electron chi connectivity index (χ2n) is 4.67. The van der Waals surface area contributed by atoms with Crippen LogP contribution in [0, 0.1) is 17.1 Å². The summed E-state index contributed by atoms with van der Waals surface area (Å²) in [5, 5.41) is 11.9. The lowest BCUT2D eigenvalue weighted by Crippen LogP contribution is -2.45. The van der Waals surface area contributed by atoms with Gasteiger partial charge >= 0.3 is 0 Å². The zero-order valence-corrected chi connectivity index (χ0v) is 10.4. The minimum atomic E-state index is -0.557. The van der Waals surface area contributed by atoms with Crippen LogP contribution in [-0.4, -0.2) is 25.0 Å². The standard InChI is InChI=1S/C13H15FN2O2/c1-13(2)17-7-11(8-18-13)16-10-3-4-12(14)9(5-10)6-15/h3-5,11,16H,7-8H2,1-2H3. The third kappa shape index (κ3) is 2.97. The van der Waals surface area contributed by atoms with E-state index >= 15 is 0 Å². The molecule has 0 spiro atoms. The average Bonchev–Trinajstić information content (AvgIpc) is 2.34. The van der Waals surface area contributed by atoms with E-state index < -0.39 is 11.6 Å². The SMILES string of the molecule is CC1(C)OCC(Nc2ccc(F)c(C#N)c2)CO1. The van der Waals surface area contributed by atoms with Crippen molar-refractivity contribution in [2.45, 2.75) is 25.7 Å². The molecule has 0 unspecified atom stereocenters. The molecule has 4 nitrogen and oxygen atoms in total. The van der Waals surface area contributed by atoms with Gasteiger partial charge < -0.3 is 14.8 Å². The van der Waals surface area contributed by atoms with Gasteiger partial charge in [-0.2, -0.15) is 5.26 Å². The fraction of sp³-hybridized carbons (Fsp3) is 0.462. The van der Waals surface area contributed by atoms with Crippen molar-refractivity contribution in [1.82, 2.24) is 0 Å². The molecule has 2 rings (SSSR count). The molecule has 0 aliphatic carbocycles. The molecule has 0 amide bonds. The molecule has 1 fully saturated rings. The third-order valence-electron chi connectivity index (χ3n) is 2.72. The van der Waals surface area contributed by atoms with E-state index in [4.69, 9.17) is 14.7 Å². The number of nitrogens with zero attached hydrogens (tertiary/aromatic N) is 1. The molecule has 0 atom stereocenters. The zero-order chi connectivity index (χ0) is 13.2. The molecule has 96 valence electrons. The Bertz CT molecular complexity index is 472. The largest absolute Gasteiger partial charge is 0.378 e. The number of rotatable bonds is 2. The highest BCUT2D eigenvalue weighted by Gasteiger charge is 2.28. The molecule has 1 aliphatic heterocycles. The first-order valence-electron chi connectivity index (χ1n) is 5.74. The minimum absolute atomic E-state index is 0.00460. The molecule has 18 heavy (non-hydrogen) atoms. The summed E-state index contributed by atoms with van der Waals surface area (Å²) in [5.41, 5.74) is 0.711. The van der Waals surface area contributed by atoms with Crippen LogP contribution in [0.4, 0.5) is 10.1 Å². The maximum atomic E-state index is 13.2. The Balaban J connectivity index is 2.01. The molecule has 1 aromatic carbocycles. The summed E-state index contributed by atoms with van der Waals surface area (Å²) >= 11 is 0.